The molecule has 4 nitrogen and oxygen atoms in total. The first-order valence-corrected chi connectivity index (χ1v) is 6.38. The summed E-state index contributed by atoms with van der Waals surface area (Å²) in [4.78, 5) is 16.3. The van der Waals surface area contributed by atoms with Gasteiger partial charge in [-0.05, 0) is 24.5 Å². The van der Waals surface area contributed by atoms with Crippen molar-refractivity contribution in [3.8, 4) is 11.8 Å². The lowest BCUT2D eigenvalue weighted by Gasteiger charge is -2.21. The van der Waals surface area contributed by atoms with Gasteiger partial charge in [0.1, 0.15) is 11.5 Å². The highest BCUT2D eigenvalue weighted by atomic mass is 16.2. The van der Waals surface area contributed by atoms with Crippen LogP contribution in [0.15, 0.2) is 18.2 Å². The van der Waals surface area contributed by atoms with Crippen LogP contribution in [0.25, 0.3) is 0 Å². The van der Waals surface area contributed by atoms with Crippen LogP contribution >= 0.6 is 0 Å². The van der Waals surface area contributed by atoms with Crippen molar-refractivity contribution in [3.63, 3.8) is 0 Å². The second-order valence-corrected chi connectivity index (χ2v) is 4.88. The molecule has 1 aromatic heterocycles. The van der Waals surface area contributed by atoms with Crippen molar-refractivity contribution in [3.05, 3.63) is 23.9 Å². The molecule has 102 valence electrons. The standard InChI is InChI=1S/C15H20N2O2/c1-4-15(2,3)14(19)17-13-10-7-9-12(16-13)8-5-6-11-18/h7,9-10,18H,4,6,11H2,1-3H3,(H,16,17,19). The molecule has 1 aromatic rings. The summed E-state index contributed by atoms with van der Waals surface area (Å²) in [5.41, 5.74) is 0.167. The molecule has 0 fully saturated rings. The van der Waals surface area contributed by atoms with Crippen LogP contribution in [-0.4, -0.2) is 22.6 Å². The fourth-order valence-electron chi connectivity index (χ4n) is 1.23. The predicted molar refractivity (Wildman–Crippen MR) is 75.5 cm³/mol. The zero-order valence-corrected chi connectivity index (χ0v) is 11.7. The molecule has 0 aromatic carbocycles. The van der Waals surface area contributed by atoms with Gasteiger partial charge < -0.3 is 10.4 Å². The van der Waals surface area contributed by atoms with E-state index in [2.05, 4.69) is 22.1 Å². The van der Waals surface area contributed by atoms with E-state index >= 15 is 0 Å². The van der Waals surface area contributed by atoms with Crippen LogP contribution in [0.5, 0.6) is 0 Å². The number of amides is 1. The summed E-state index contributed by atoms with van der Waals surface area (Å²) in [6.45, 7) is 5.80. The Morgan fingerprint density at radius 2 is 2.21 bits per heavy atom. The minimum atomic E-state index is -0.416. The minimum absolute atomic E-state index is 0.0358. The highest BCUT2D eigenvalue weighted by Crippen LogP contribution is 2.21. The Balaban J connectivity index is 2.78. The molecule has 0 atom stereocenters. The number of hydrogen-bond acceptors (Lipinski definition) is 3. The van der Waals surface area contributed by atoms with Crippen LogP contribution in [0, 0.1) is 17.3 Å². The summed E-state index contributed by atoms with van der Waals surface area (Å²) in [5.74, 6) is 6.09. The van der Waals surface area contributed by atoms with Gasteiger partial charge in [0.15, 0.2) is 0 Å². The van der Waals surface area contributed by atoms with Crippen molar-refractivity contribution in [1.29, 1.82) is 0 Å². The minimum Gasteiger partial charge on any atom is -0.395 e. The smallest absolute Gasteiger partial charge is 0.231 e. The molecule has 1 heterocycles. The quantitative estimate of drug-likeness (QED) is 0.816. The summed E-state index contributed by atoms with van der Waals surface area (Å²) in [5, 5.41) is 11.5. The van der Waals surface area contributed by atoms with Gasteiger partial charge in [-0.25, -0.2) is 4.98 Å². The number of anilines is 1. The van der Waals surface area contributed by atoms with Crippen molar-refractivity contribution >= 4 is 11.7 Å². The van der Waals surface area contributed by atoms with Crippen molar-refractivity contribution in [2.45, 2.75) is 33.6 Å². The number of aliphatic hydroxyl groups excluding tert-OH is 1. The maximum Gasteiger partial charge on any atom is 0.231 e. The van der Waals surface area contributed by atoms with Gasteiger partial charge in [0.25, 0.3) is 0 Å². The zero-order valence-electron chi connectivity index (χ0n) is 11.7. The number of rotatable bonds is 4. The molecule has 0 unspecified atom stereocenters. The second-order valence-electron chi connectivity index (χ2n) is 4.88. The molecule has 0 radical (unpaired) electrons. The molecule has 0 aliphatic heterocycles. The number of pyridine rings is 1. The van der Waals surface area contributed by atoms with Gasteiger partial charge in [0, 0.05) is 11.8 Å². The topological polar surface area (TPSA) is 62.2 Å². The Bertz CT molecular complexity index is 498. The summed E-state index contributed by atoms with van der Waals surface area (Å²) in [6, 6.07) is 5.30. The van der Waals surface area contributed by atoms with Gasteiger partial charge in [-0.1, -0.05) is 32.8 Å². The number of carbonyl (C=O) groups excluding carboxylic acids is 1. The highest BCUT2D eigenvalue weighted by Gasteiger charge is 2.25. The molecule has 0 aliphatic carbocycles. The maximum absolute atomic E-state index is 12.0. The average Bonchev–Trinajstić information content (AvgIpc) is 2.39. The average molecular weight is 260 g/mol. The lowest BCUT2D eigenvalue weighted by Crippen LogP contribution is -2.30. The van der Waals surface area contributed by atoms with Gasteiger partial charge in [-0.3, -0.25) is 4.79 Å². The fourth-order valence-corrected chi connectivity index (χ4v) is 1.23. The lowest BCUT2D eigenvalue weighted by molar-refractivity contribution is -0.124. The molecular weight excluding hydrogens is 240 g/mol. The third-order valence-electron chi connectivity index (χ3n) is 2.94. The van der Waals surface area contributed by atoms with E-state index in [1.807, 2.05) is 20.8 Å². The van der Waals surface area contributed by atoms with Gasteiger partial charge in [0.05, 0.1) is 6.61 Å². The lowest BCUT2D eigenvalue weighted by atomic mass is 9.89. The molecule has 0 saturated heterocycles. The summed E-state index contributed by atoms with van der Waals surface area (Å²) < 4.78 is 0. The van der Waals surface area contributed by atoms with Crippen LogP contribution in [0.4, 0.5) is 5.82 Å². The molecule has 1 amide bonds. The Hall–Kier alpha value is -1.86. The number of aliphatic hydroxyl groups is 1. The zero-order chi connectivity index (χ0) is 14.3. The number of nitrogens with zero attached hydrogens (tertiary/aromatic N) is 1. The van der Waals surface area contributed by atoms with E-state index in [0.717, 1.165) is 6.42 Å². The first-order chi connectivity index (χ1) is 8.99. The molecule has 0 spiro atoms. The van der Waals surface area contributed by atoms with Gasteiger partial charge >= 0.3 is 0 Å². The van der Waals surface area contributed by atoms with Crippen LogP contribution in [0.2, 0.25) is 0 Å². The van der Waals surface area contributed by atoms with E-state index in [0.29, 0.717) is 17.9 Å². The first kappa shape index (κ1) is 15.2. The highest BCUT2D eigenvalue weighted by molar-refractivity contribution is 5.93. The molecule has 4 heteroatoms. The van der Waals surface area contributed by atoms with E-state index in [4.69, 9.17) is 5.11 Å². The van der Waals surface area contributed by atoms with Crippen molar-refractivity contribution in [1.82, 2.24) is 4.98 Å². The first-order valence-electron chi connectivity index (χ1n) is 6.38. The van der Waals surface area contributed by atoms with Gasteiger partial charge in [-0.2, -0.15) is 0 Å². The van der Waals surface area contributed by atoms with Crippen LogP contribution in [-0.2, 0) is 4.79 Å². The molecule has 19 heavy (non-hydrogen) atoms. The fraction of sp³-hybridized carbons (Fsp3) is 0.467. The van der Waals surface area contributed by atoms with Gasteiger partial charge in [-0.15, -0.1) is 0 Å². The monoisotopic (exact) mass is 260 g/mol. The van der Waals surface area contributed by atoms with Crippen molar-refractivity contribution in [2.75, 3.05) is 11.9 Å². The largest absolute Gasteiger partial charge is 0.395 e. The third kappa shape index (κ3) is 4.72. The Morgan fingerprint density at radius 3 is 2.84 bits per heavy atom. The van der Waals surface area contributed by atoms with Crippen molar-refractivity contribution < 1.29 is 9.90 Å². The molecule has 0 bridgehead atoms. The third-order valence-corrected chi connectivity index (χ3v) is 2.94. The Labute approximate surface area is 114 Å². The maximum atomic E-state index is 12.0. The summed E-state index contributed by atoms with van der Waals surface area (Å²) in [7, 11) is 0. The van der Waals surface area contributed by atoms with E-state index in [-0.39, 0.29) is 12.5 Å². The Kier molecular flexibility index (Phi) is 5.53. The number of nitrogens with one attached hydrogen (secondary N) is 1. The molecular formula is C15H20N2O2. The Morgan fingerprint density at radius 1 is 1.47 bits per heavy atom. The van der Waals surface area contributed by atoms with Crippen molar-refractivity contribution in [2.24, 2.45) is 5.41 Å². The molecule has 0 aliphatic rings. The second kappa shape index (κ2) is 6.91. The number of carbonyl (C=O) groups is 1. The summed E-state index contributed by atoms with van der Waals surface area (Å²) in [6.07, 6.45) is 1.18. The van der Waals surface area contributed by atoms with E-state index < -0.39 is 5.41 Å². The van der Waals surface area contributed by atoms with E-state index in [1.165, 1.54) is 0 Å². The molecule has 1 rings (SSSR count). The predicted octanol–water partition coefficient (Wildman–Crippen LogP) is 2.19. The SMILES string of the molecule is CCC(C)(C)C(=O)Nc1cccc(C#CCCO)n1. The molecule has 0 saturated carbocycles. The normalized spacial score (nSPS) is 10.5. The number of aromatic nitrogens is 1. The van der Waals surface area contributed by atoms with Gasteiger partial charge in [0.2, 0.25) is 5.91 Å². The van der Waals surface area contributed by atoms with E-state index in [1.54, 1.807) is 18.2 Å². The van der Waals surface area contributed by atoms with E-state index in [9.17, 15) is 4.79 Å². The molecule has 2 N–H and O–H groups in total. The summed E-state index contributed by atoms with van der Waals surface area (Å²) >= 11 is 0. The van der Waals surface area contributed by atoms with Crippen LogP contribution in [0.3, 0.4) is 0 Å². The number of hydrogen-bond donors (Lipinski definition) is 2. The van der Waals surface area contributed by atoms with Crippen LogP contribution < -0.4 is 5.32 Å². The van der Waals surface area contributed by atoms with Crippen LogP contribution in [0.1, 0.15) is 39.3 Å².